The molecule has 0 spiro atoms. The first-order chi connectivity index (χ1) is 17.9. The fourth-order valence-electron chi connectivity index (χ4n) is 4.18. The van der Waals surface area contributed by atoms with Gasteiger partial charge in [-0.25, -0.2) is 0 Å². The van der Waals surface area contributed by atoms with Crippen molar-refractivity contribution in [2.75, 3.05) is 17.2 Å². The summed E-state index contributed by atoms with van der Waals surface area (Å²) in [5, 5.41) is 45.7. The van der Waals surface area contributed by atoms with E-state index in [4.69, 9.17) is 23.2 Å². The molecule has 37 heavy (non-hydrogen) atoms. The fraction of sp³-hybridized carbons (Fsp3) is 0.385. The molecule has 0 saturated heterocycles. The molecule has 1 aromatic heterocycles. The first-order valence-corrected chi connectivity index (χ1v) is 13.0. The smallest absolute Gasteiger partial charge is 0.230 e. The summed E-state index contributed by atoms with van der Waals surface area (Å²) < 4.78 is 0. The summed E-state index contributed by atoms with van der Waals surface area (Å²) in [7, 11) is 0. The monoisotopic (exact) mass is 544 g/mol. The molecular weight excluding hydrogens is 515 g/mol. The average Bonchev–Trinajstić information content (AvgIpc) is 3.16. The van der Waals surface area contributed by atoms with Gasteiger partial charge in [0, 0.05) is 23.2 Å². The maximum absolute atomic E-state index is 10.5. The van der Waals surface area contributed by atoms with Crippen LogP contribution in [0.4, 0.5) is 28.8 Å². The van der Waals surface area contributed by atoms with Crippen molar-refractivity contribution in [2.24, 2.45) is 16.1 Å². The van der Waals surface area contributed by atoms with Crippen LogP contribution in [0.5, 0.6) is 0 Å². The number of aromatic nitrogens is 2. The van der Waals surface area contributed by atoms with Gasteiger partial charge in [0.2, 0.25) is 5.95 Å². The topological polar surface area (TPSA) is 135 Å². The number of aryl methyl sites for hydroxylation is 1. The first kappa shape index (κ1) is 27.2. The van der Waals surface area contributed by atoms with Crippen molar-refractivity contribution in [2.45, 2.75) is 50.9 Å². The summed E-state index contributed by atoms with van der Waals surface area (Å²) in [6.07, 6.45) is 1.43. The van der Waals surface area contributed by atoms with Crippen LogP contribution in [0.3, 0.4) is 0 Å². The minimum absolute atomic E-state index is 0.0454. The van der Waals surface area contributed by atoms with Gasteiger partial charge in [-0.05, 0) is 61.2 Å². The molecule has 11 heteroatoms. The van der Waals surface area contributed by atoms with E-state index in [1.165, 1.54) is 5.56 Å². The summed E-state index contributed by atoms with van der Waals surface area (Å²) in [6, 6.07) is 14.2. The third kappa shape index (κ3) is 6.94. The van der Waals surface area contributed by atoms with Gasteiger partial charge in [0.15, 0.2) is 16.7 Å². The number of nitrogens with zero attached hydrogens (tertiary/aromatic N) is 4. The lowest BCUT2D eigenvalue weighted by Crippen LogP contribution is -2.35. The summed E-state index contributed by atoms with van der Waals surface area (Å²) in [6.45, 7) is 1.92. The third-order valence-electron chi connectivity index (χ3n) is 6.32. The highest BCUT2D eigenvalue weighted by Gasteiger charge is 2.41. The SMILES string of the molecule is CCCCc1ccc(Nc2nc(Cl)c(N=Nc3ccc(Cl)cc3)c(N[C@@H]3C[C@H](CO)[C@@H](O)[C@@H]3O)n2)cc1. The first-order valence-electron chi connectivity index (χ1n) is 12.2. The highest BCUT2D eigenvalue weighted by atomic mass is 35.5. The highest BCUT2D eigenvalue weighted by Crippen LogP contribution is 2.37. The van der Waals surface area contributed by atoms with E-state index in [0.717, 1.165) is 24.9 Å². The van der Waals surface area contributed by atoms with Crippen LogP contribution in [0.25, 0.3) is 0 Å². The molecule has 5 N–H and O–H groups in total. The Morgan fingerprint density at radius 2 is 1.70 bits per heavy atom. The van der Waals surface area contributed by atoms with Crippen molar-refractivity contribution in [3.8, 4) is 0 Å². The lowest BCUT2D eigenvalue weighted by atomic mass is 10.1. The van der Waals surface area contributed by atoms with Crippen LogP contribution >= 0.6 is 23.2 Å². The molecule has 0 bridgehead atoms. The normalized spacial score (nSPS) is 21.5. The van der Waals surface area contributed by atoms with Crippen LogP contribution in [0.1, 0.15) is 31.7 Å². The van der Waals surface area contributed by atoms with Crippen molar-refractivity contribution in [3.63, 3.8) is 0 Å². The van der Waals surface area contributed by atoms with Crippen LogP contribution in [0, 0.1) is 5.92 Å². The highest BCUT2D eigenvalue weighted by molar-refractivity contribution is 6.32. The standard InChI is InChI=1S/C26H30Cl2N6O3/c1-2-3-4-15-5-9-18(10-6-15)29-26-31-24(28)21(34-33-19-11-7-17(27)8-12-19)25(32-26)30-20-13-16(14-35)22(36)23(20)37/h5-12,16,20,22-23,35-37H,2-4,13-14H2,1H3,(H2,29,30,31,32)/t16-,20-,22-,23-/m1/s1. The second kappa shape index (κ2) is 12.6. The van der Waals surface area contributed by atoms with Crippen LogP contribution < -0.4 is 10.6 Å². The maximum atomic E-state index is 10.5. The lowest BCUT2D eigenvalue weighted by Gasteiger charge is -2.20. The van der Waals surface area contributed by atoms with Crippen molar-refractivity contribution in [1.82, 2.24) is 9.97 Å². The molecule has 4 rings (SSSR count). The van der Waals surface area contributed by atoms with Crippen LogP contribution in [-0.4, -0.2) is 50.1 Å². The lowest BCUT2D eigenvalue weighted by molar-refractivity contribution is 0.00446. The Bertz CT molecular complexity index is 1210. The van der Waals surface area contributed by atoms with E-state index in [0.29, 0.717) is 17.1 Å². The molecule has 2 aromatic carbocycles. The Hall–Kier alpha value is -2.82. The second-order valence-electron chi connectivity index (χ2n) is 9.05. The van der Waals surface area contributed by atoms with E-state index >= 15 is 0 Å². The van der Waals surface area contributed by atoms with Gasteiger partial charge in [0.05, 0.1) is 17.8 Å². The van der Waals surface area contributed by atoms with Gasteiger partial charge in [-0.15, -0.1) is 5.11 Å². The maximum Gasteiger partial charge on any atom is 0.230 e. The van der Waals surface area contributed by atoms with Crippen LogP contribution in [-0.2, 0) is 6.42 Å². The second-order valence-corrected chi connectivity index (χ2v) is 9.84. The molecule has 0 unspecified atom stereocenters. The van der Waals surface area contributed by atoms with E-state index in [9.17, 15) is 15.3 Å². The van der Waals surface area contributed by atoms with Gasteiger partial charge in [0.1, 0.15) is 6.10 Å². The van der Waals surface area contributed by atoms with Crippen molar-refractivity contribution < 1.29 is 15.3 Å². The summed E-state index contributed by atoms with van der Waals surface area (Å²) >= 11 is 12.5. The van der Waals surface area contributed by atoms with Gasteiger partial charge in [-0.2, -0.15) is 15.1 Å². The number of anilines is 3. The minimum atomic E-state index is -1.11. The third-order valence-corrected chi connectivity index (χ3v) is 6.84. The zero-order chi connectivity index (χ0) is 26.4. The van der Waals surface area contributed by atoms with Crippen LogP contribution in [0.2, 0.25) is 10.2 Å². The van der Waals surface area contributed by atoms with Gasteiger partial charge in [-0.1, -0.05) is 48.7 Å². The van der Waals surface area contributed by atoms with E-state index in [2.05, 4.69) is 49.9 Å². The number of rotatable bonds is 10. The largest absolute Gasteiger partial charge is 0.396 e. The number of aliphatic hydroxyl groups is 3. The predicted molar refractivity (Wildman–Crippen MR) is 146 cm³/mol. The molecule has 4 atom stereocenters. The average molecular weight is 545 g/mol. The Balaban J connectivity index is 1.62. The van der Waals surface area contributed by atoms with Crippen molar-refractivity contribution in [3.05, 3.63) is 64.3 Å². The van der Waals surface area contributed by atoms with Gasteiger partial charge in [0.25, 0.3) is 0 Å². The fourth-order valence-corrected chi connectivity index (χ4v) is 4.51. The van der Waals surface area contributed by atoms with E-state index in [1.807, 2.05) is 12.1 Å². The molecule has 196 valence electrons. The number of azo groups is 1. The van der Waals surface area contributed by atoms with Gasteiger partial charge in [-0.3, -0.25) is 0 Å². The van der Waals surface area contributed by atoms with Gasteiger partial charge >= 0.3 is 0 Å². The quantitative estimate of drug-likeness (QED) is 0.161. The number of hydrogen-bond donors (Lipinski definition) is 5. The molecular formula is C26H30Cl2N6O3. The Labute approximate surface area is 225 Å². The van der Waals surface area contributed by atoms with Crippen molar-refractivity contribution >= 4 is 52.0 Å². The Kier molecular flexibility index (Phi) is 9.28. The molecule has 0 aliphatic heterocycles. The minimum Gasteiger partial charge on any atom is -0.396 e. The molecule has 1 aliphatic carbocycles. The van der Waals surface area contributed by atoms with Gasteiger partial charge < -0.3 is 26.0 Å². The number of aliphatic hydroxyl groups excluding tert-OH is 3. The molecule has 9 nitrogen and oxygen atoms in total. The molecule has 0 radical (unpaired) electrons. The number of halogens is 2. The zero-order valence-electron chi connectivity index (χ0n) is 20.4. The number of benzene rings is 2. The number of unbranched alkanes of at least 4 members (excludes halogenated alkanes) is 1. The van der Waals surface area contributed by atoms with Crippen molar-refractivity contribution in [1.29, 1.82) is 0 Å². The summed E-state index contributed by atoms with van der Waals surface area (Å²) in [5.41, 5.74) is 2.76. The molecule has 3 aromatic rings. The van der Waals surface area contributed by atoms with E-state index in [1.54, 1.807) is 24.3 Å². The number of hydrogen-bond acceptors (Lipinski definition) is 9. The van der Waals surface area contributed by atoms with E-state index < -0.39 is 24.2 Å². The molecule has 0 amide bonds. The number of nitrogens with one attached hydrogen (secondary N) is 2. The Morgan fingerprint density at radius 3 is 2.35 bits per heavy atom. The van der Waals surface area contributed by atoms with Crippen LogP contribution in [0.15, 0.2) is 58.8 Å². The zero-order valence-corrected chi connectivity index (χ0v) is 21.9. The summed E-state index contributed by atoms with van der Waals surface area (Å²) in [5.74, 6) is -0.00613. The molecule has 1 aliphatic rings. The Morgan fingerprint density at radius 1 is 0.973 bits per heavy atom. The predicted octanol–water partition coefficient (Wildman–Crippen LogP) is 5.80. The molecule has 1 fully saturated rings. The summed E-state index contributed by atoms with van der Waals surface area (Å²) in [4.78, 5) is 8.90. The van der Waals surface area contributed by atoms with E-state index in [-0.39, 0.29) is 29.2 Å². The molecule has 1 saturated carbocycles. The molecule has 1 heterocycles.